The fourth-order valence-electron chi connectivity index (χ4n) is 6.90. The zero-order chi connectivity index (χ0) is 27.9. The van der Waals surface area contributed by atoms with E-state index in [0.29, 0.717) is 24.6 Å². The molecular formula is C29H33F6NO3. The third kappa shape index (κ3) is 6.15. The van der Waals surface area contributed by atoms with Crippen molar-refractivity contribution < 1.29 is 41.0 Å². The number of halogens is 6. The predicted molar refractivity (Wildman–Crippen MR) is 134 cm³/mol. The van der Waals surface area contributed by atoms with Gasteiger partial charge in [0.1, 0.15) is 11.3 Å². The van der Waals surface area contributed by atoms with Crippen molar-refractivity contribution in [1.82, 2.24) is 4.90 Å². The Morgan fingerprint density at radius 3 is 2.18 bits per heavy atom. The van der Waals surface area contributed by atoms with Gasteiger partial charge in [0.25, 0.3) is 0 Å². The molecule has 5 rings (SSSR count). The number of aliphatic carboxylic acids is 1. The lowest BCUT2D eigenvalue weighted by Gasteiger charge is -2.48. The minimum Gasteiger partial charge on any atom is -0.490 e. The van der Waals surface area contributed by atoms with E-state index in [2.05, 4.69) is 4.90 Å². The maximum atomic E-state index is 14.2. The normalized spacial score (nSPS) is 28.4. The van der Waals surface area contributed by atoms with Crippen LogP contribution in [0.1, 0.15) is 68.9 Å². The topological polar surface area (TPSA) is 49.8 Å². The SMILES string of the molecule is O=C(O)C1CC2CCC[C@H](C1)N2CCc1ccc2c(C(F)(F)F)c(O[C@H]3CC[C@@H](C(F)(F)F)CC3)ccc2c1. The summed E-state index contributed by atoms with van der Waals surface area (Å²) in [5.41, 5.74) is 0.00275. The van der Waals surface area contributed by atoms with Gasteiger partial charge in [-0.2, -0.15) is 26.3 Å². The molecule has 3 atom stereocenters. The van der Waals surface area contributed by atoms with E-state index in [-0.39, 0.29) is 54.8 Å². The minimum absolute atomic E-state index is 0.00636. The highest BCUT2D eigenvalue weighted by Gasteiger charge is 2.43. The van der Waals surface area contributed by atoms with E-state index in [9.17, 15) is 36.2 Å². The number of fused-ring (bicyclic) bond motifs is 3. The molecule has 2 saturated heterocycles. The van der Waals surface area contributed by atoms with E-state index in [4.69, 9.17) is 4.74 Å². The van der Waals surface area contributed by atoms with Crippen LogP contribution in [-0.4, -0.2) is 46.9 Å². The molecule has 0 spiro atoms. The van der Waals surface area contributed by atoms with Gasteiger partial charge in [-0.05, 0) is 80.2 Å². The number of nitrogens with zero attached hydrogens (tertiary/aromatic N) is 1. The molecule has 2 bridgehead atoms. The van der Waals surface area contributed by atoms with Crippen LogP contribution in [0.15, 0.2) is 30.3 Å². The number of benzene rings is 2. The van der Waals surface area contributed by atoms with Gasteiger partial charge < -0.3 is 9.84 Å². The van der Waals surface area contributed by atoms with Crippen LogP contribution in [0.4, 0.5) is 26.3 Å². The van der Waals surface area contributed by atoms with E-state index in [0.717, 1.165) is 31.4 Å². The molecule has 1 N–H and O–H groups in total. The predicted octanol–water partition coefficient (Wildman–Crippen LogP) is 7.62. The monoisotopic (exact) mass is 557 g/mol. The van der Waals surface area contributed by atoms with Crippen molar-refractivity contribution in [2.24, 2.45) is 11.8 Å². The summed E-state index contributed by atoms with van der Waals surface area (Å²) >= 11 is 0. The highest BCUT2D eigenvalue weighted by Crippen LogP contribution is 2.44. The third-order valence-corrected chi connectivity index (χ3v) is 8.89. The second-order valence-corrected chi connectivity index (χ2v) is 11.4. The van der Waals surface area contributed by atoms with Crippen LogP contribution >= 0.6 is 0 Å². The Morgan fingerprint density at radius 1 is 0.923 bits per heavy atom. The molecule has 0 aromatic heterocycles. The minimum atomic E-state index is -4.69. The average molecular weight is 558 g/mol. The van der Waals surface area contributed by atoms with Gasteiger partial charge in [0, 0.05) is 18.6 Å². The largest absolute Gasteiger partial charge is 0.490 e. The Bertz CT molecular complexity index is 1170. The summed E-state index contributed by atoms with van der Waals surface area (Å²) in [5.74, 6) is -2.82. The number of ether oxygens (including phenoxy) is 1. The van der Waals surface area contributed by atoms with E-state index in [1.807, 2.05) is 0 Å². The van der Waals surface area contributed by atoms with E-state index in [1.165, 1.54) is 12.1 Å². The van der Waals surface area contributed by atoms with Crippen LogP contribution in [0, 0.1) is 11.8 Å². The number of hydrogen-bond donors (Lipinski definition) is 1. The molecule has 2 aromatic carbocycles. The number of piperidine rings is 2. The van der Waals surface area contributed by atoms with Gasteiger partial charge in [-0.25, -0.2) is 0 Å². The van der Waals surface area contributed by atoms with E-state index in [1.54, 1.807) is 18.2 Å². The lowest BCUT2D eigenvalue weighted by atomic mass is 9.78. The van der Waals surface area contributed by atoms with Gasteiger partial charge >= 0.3 is 18.3 Å². The zero-order valence-corrected chi connectivity index (χ0v) is 21.5. The molecule has 39 heavy (non-hydrogen) atoms. The van der Waals surface area contributed by atoms with Crippen molar-refractivity contribution in [3.05, 3.63) is 41.5 Å². The number of carbonyl (C=O) groups is 1. The molecule has 2 unspecified atom stereocenters. The van der Waals surface area contributed by atoms with Crippen molar-refractivity contribution in [2.75, 3.05) is 6.54 Å². The Hall–Kier alpha value is -2.49. The van der Waals surface area contributed by atoms with Crippen LogP contribution in [0.5, 0.6) is 5.75 Å². The second-order valence-electron chi connectivity index (χ2n) is 11.4. The number of alkyl halides is 6. The Morgan fingerprint density at radius 2 is 1.59 bits per heavy atom. The van der Waals surface area contributed by atoms with Gasteiger partial charge in [0.2, 0.25) is 0 Å². The highest BCUT2D eigenvalue weighted by molar-refractivity contribution is 5.89. The van der Waals surface area contributed by atoms with Gasteiger partial charge in [0.05, 0.1) is 17.9 Å². The summed E-state index contributed by atoms with van der Waals surface area (Å²) in [6.45, 7) is 0.723. The second kappa shape index (κ2) is 10.8. The van der Waals surface area contributed by atoms with Gasteiger partial charge in [-0.15, -0.1) is 0 Å². The molecule has 2 aromatic rings. The van der Waals surface area contributed by atoms with Gasteiger partial charge in [0.15, 0.2) is 0 Å². The summed E-state index contributed by atoms with van der Waals surface area (Å²) in [6.07, 6.45) is -4.92. The quantitative estimate of drug-likeness (QED) is 0.371. The van der Waals surface area contributed by atoms with Crippen LogP contribution < -0.4 is 4.74 Å². The smallest absolute Gasteiger partial charge is 0.420 e. The number of carboxylic acids is 1. The molecule has 4 nitrogen and oxygen atoms in total. The third-order valence-electron chi connectivity index (χ3n) is 8.89. The molecule has 1 saturated carbocycles. The van der Waals surface area contributed by atoms with E-state index >= 15 is 0 Å². The molecule has 10 heteroatoms. The molecule has 0 radical (unpaired) electrons. The van der Waals surface area contributed by atoms with Crippen LogP contribution in [0.3, 0.4) is 0 Å². The molecule has 3 fully saturated rings. The highest BCUT2D eigenvalue weighted by atomic mass is 19.4. The maximum absolute atomic E-state index is 14.2. The van der Waals surface area contributed by atoms with E-state index < -0.39 is 35.9 Å². The van der Waals surface area contributed by atoms with Crippen molar-refractivity contribution in [3.63, 3.8) is 0 Å². The van der Waals surface area contributed by atoms with Crippen LogP contribution in [0.2, 0.25) is 0 Å². The van der Waals surface area contributed by atoms with Crippen molar-refractivity contribution in [2.45, 2.75) is 94.7 Å². The van der Waals surface area contributed by atoms with Crippen molar-refractivity contribution >= 4 is 16.7 Å². The standard InChI is InChI=1S/C29H33F6NO3/c30-28(31,32)20-6-8-23(9-7-20)39-25-11-5-18-14-17(4-10-24(18)26(25)29(33,34)35)12-13-36-21-2-1-3-22(36)16-19(15-21)27(37)38/h4-5,10-11,14,19-23H,1-3,6-9,12-13,15-16H2,(H,37,38)/t19?,20-,21-,22?,23+/m1/s1. The first-order valence-electron chi connectivity index (χ1n) is 13.7. The molecule has 2 aliphatic heterocycles. The first kappa shape index (κ1) is 28.1. The first-order valence-corrected chi connectivity index (χ1v) is 13.7. The first-order chi connectivity index (χ1) is 18.4. The molecular weight excluding hydrogens is 524 g/mol. The summed E-state index contributed by atoms with van der Waals surface area (Å²) in [4.78, 5) is 13.9. The summed E-state index contributed by atoms with van der Waals surface area (Å²) < 4.78 is 87.1. The van der Waals surface area contributed by atoms with Gasteiger partial charge in [-0.3, -0.25) is 9.69 Å². The van der Waals surface area contributed by atoms with Crippen LogP contribution in [-0.2, 0) is 17.4 Å². The van der Waals surface area contributed by atoms with Gasteiger partial charge in [-0.1, -0.05) is 30.7 Å². The maximum Gasteiger partial charge on any atom is 0.420 e. The Labute approximate surface area is 223 Å². The summed E-state index contributed by atoms with van der Waals surface area (Å²) in [6, 6.07) is 8.21. The Kier molecular flexibility index (Phi) is 7.79. The van der Waals surface area contributed by atoms with Crippen molar-refractivity contribution in [1.29, 1.82) is 0 Å². The summed E-state index contributed by atoms with van der Waals surface area (Å²) in [7, 11) is 0. The molecule has 214 valence electrons. The fourth-order valence-corrected chi connectivity index (χ4v) is 6.90. The molecule has 1 aliphatic carbocycles. The molecule has 0 amide bonds. The van der Waals surface area contributed by atoms with Crippen molar-refractivity contribution in [3.8, 4) is 5.75 Å². The lowest BCUT2D eigenvalue weighted by Crippen LogP contribution is -2.53. The lowest BCUT2D eigenvalue weighted by molar-refractivity contribution is -0.185. The average Bonchev–Trinajstić information content (AvgIpc) is 2.85. The number of hydrogen-bond acceptors (Lipinski definition) is 3. The number of carboxylic acid groups (broad SMARTS) is 1. The van der Waals surface area contributed by atoms with Crippen LogP contribution in [0.25, 0.3) is 10.8 Å². The number of rotatable bonds is 6. The Balaban J connectivity index is 1.30. The fraction of sp³-hybridized carbons (Fsp3) is 0.621. The zero-order valence-electron chi connectivity index (χ0n) is 21.5. The molecule has 2 heterocycles. The summed E-state index contributed by atoms with van der Waals surface area (Å²) in [5, 5.41) is 9.91. The molecule has 3 aliphatic rings.